The molecule has 4 rings (SSSR count). The first-order valence-electron chi connectivity index (χ1n) is 12.1. The summed E-state index contributed by atoms with van der Waals surface area (Å²) in [6.45, 7) is 7.96. The number of fused-ring (bicyclic) bond motifs is 1. The van der Waals surface area contributed by atoms with Crippen LogP contribution >= 0.6 is 11.6 Å². The molecule has 2 aromatic rings. The first kappa shape index (κ1) is 24.7. The van der Waals surface area contributed by atoms with Crippen molar-refractivity contribution in [2.75, 3.05) is 32.8 Å². The van der Waals surface area contributed by atoms with Gasteiger partial charge in [0.2, 0.25) is 11.8 Å². The Morgan fingerprint density at radius 1 is 1.06 bits per heavy atom. The Kier molecular flexibility index (Phi) is 8.24. The van der Waals surface area contributed by atoms with E-state index in [1.165, 1.54) is 0 Å². The van der Waals surface area contributed by atoms with Gasteiger partial charge in [-0.15, -0.1) is 0 Å². The molecule has 1 fully saturated rings. The number of amides is 2. The van der Waals surface area contributed by atoms with Crippen molar-refractivity contribution in [1.29, 1.82) is 0 Å². The standard InChI is InChI=1S/C27H34ClN3O3/c1-19(2)15-26(32)31-18-22-6-4-3-5-21(22)16-24(31)27(33)29-17-25(30-11-13-34-14-12-30)20-7-9-23(28)10-8-20/h3-10,19,24-25H,11-18H2,1-2H3,(H,29,33). The summed E-state index contributed by atoms with van der Waals surface area (Å²) >= 11 is 6.11. The maximum atomic E-state index is 13.5. The quantitative estimate of drug-likeness (QED) is 0.650. The van der Waals surface area contributed by atoms with Gasteiger partial charge in [0.25, 0.3) is 0 Å². The van der Waals surface area contributed by atoms with Gasteiger partial charge in [-0.3, -0.25) is 14.5 Å². The summed E-state index contributed by atoms with van der Waals surface area (Å²) in [5.74, 6) is 0.176. The Morgan fingerprint density at radius 3 is 2.41 bits per heavy atom. The average molecular weight is 484 g/mol. The molecular formula is C27H34ClN3O3. The maximum Gasteiger partial charge on any atom is 0.243 e. The molecule has 0 bridgehead atoms. The van der Waals surface area contributed by atoms with Gasteiger partial charge in [-0.1, -0.05) is 61.8 Å². The van der Waals surface area contributed by atoms with Gasteiger partial charge < -0.3 is 15.0 Å². The molecule has 0 radical (unpaired) electrons. The zero-order chi connectivity index (χ0) is 24.1. The number of rotatable bonds is 7. The van der Waals surface area contributed by atoms with E-state index in [1.807, 2.05) is 56.3 Å². The molecule has 1 saturated heterocycles. The molecule has 2 aliphatic heterocycles. The van der Waals surface area contributed by atoms with Crippen LogP contribution in [0.5, 0.6) is 0 Å². The second kappa shape index (κ2) is 11.3. The van der Waals surface area contributed by atoms with Gasteiger partial charge in [0.05, 0.1) is 19.3 Å². The topological polar surface area (TPSA) is 61.9 Å². The lowest BCUT2D eigenvalue weighted by Gasteiger charge is -2.38. The highest BCUT2D eigenvalue weighted by molar-refractivity contribution is 6.30. The van der Waals surface area contributed by atoms with Gasteiger partial charge >= 0.3 is 0 Å². The lowest BCUT2D eigenvalue weighted by molar-refractivity contribution is -0.142. The van der Waals surface area contributed by atoms with Crippen molar-refractivity contribution < 1.29 is 14.3 Å². The van der Waals surface area contributed by atoms with Crippen LogP contribution in [0.4, 0.5) is 0 Å². The van der Waals surface area contributed by atoms with Gasteiger partial charge in [-0.2, -0.15) is 0 Å². The second-order valence-corrected chi connectivity index (χ2v) is 10.0. The number of carbonyl (C=O) groups excluding carboxylic acids is 2. The lowest BCUT2D eigenvalue weighted by Crippen LogP contribution is -2.54. The molecule has 0 aliphatic carbocycles. The zero-order valence-corrected chi connectivity index (χ0v) is 20.8. The molecule has 2 aliphatic rings. The third-order valence-electron chi connectivity index (χ3n) is 6.67. The highest BCUT2D eigenvalue weighted by Crippen LogP contribution is 2.26. The molecule has 0 spiro atoms. The van der Waals surface area contributed by atoms with Crippen LogP contribution in [0.1, 0.15) is 43.0 Å². The number of hydrogen-bond acceptors (Lipinski definition) is 4. The Hall–Kier alpha value is -2.41. The first-order chi connectivity index (χ1) is 16.4. The number of hydrogen-bond donors (Lipinski definition) is 1. The van der Waals surface area contributed by atoms with E-state index in [0.29, 0.717) is 44.2 Å². The van der Waals surface area contributed by atoms with E-state index in [0.717, 1.165) is 29.8 Å². The van der Waals surface area contributed by atoms with Gasteiger partial charge in [0, 0.05) is 44.0 Å². The molecule has 0 saturated carbocycles. The summed E-state index contributed by atoms with van der Waals surface area (Å²) in [5, 5.41) is 3.87. The Morgan fingerprint density at radius 2 is 1.74 bits per heavy atom. The number of halogens is 1. The molecule has 0 aromatic heterocycles. The van der Waals surface area contributed by atoms with E-state index < -0.39 is 6.04 Å². The minimum atomic E-state index is -0.503. The number of nitrogens with one attached hydrogen (secondary N) is 1. The van der Waals surface area contributed by atoms with E-state index in [-0.39, 0.29) is 23.8 Å². The summed E-state index contributed by atoms with van der Waals surface area (Å²) in [5.41, 5.74) is 3.36. The van der Waals surface area contributed by atoms with Gasteiger partial charge in [0.1, 0.15) is 6.04 Å². The molecule has 2 unspecified atom stereocenters. The zero-order valence-electron chi connectivity index (χ0n) is 20.0. The number of carbonyl (C=O) groups is 2. The minimum Gasteiger partial charge on any atom is -0.379 e. The predicted octanol–water partition coefficient (Wildman–Crippen LogP) is 3.83. The van der Waals surface area contributed by atoms with E-state index in [2.05, 4.69) is 16.3 Å². The fourth-order valence-electron chi connectivity index (χ4n) is 4.83. The van der Waals surface area contributed by atoms with Crippen molar-refractivity contribution in [3.8, 4) is 0 Å². The Balaban J connectivity index is 1.51. The predicted molar refractivity (Wildman–Crippen MR) is 134 cm³/mol. The van der Waals surface area contributed by atoms with Crippen LogP contribution in [0.2, 0.25) is 5.02 Å². The normalized spacial score (nSPS) is 19.5. The number of benzene rings is 2. The van der Waals surface area contributed by atoms with Crippen LogP contribution in [-0.4, -0.2) is 60.5 Å². The van der Waals surface area contributed by atoms with Crippen molar-refractivity contribution in [1.82, 2.24) is 15.1 Å². The molecule has 2 amide bonds. The molecular weight excluding hydrogens is 450 g/mol. The lowest BCUT2D eigenvalue weighted by atomic mass is 9.92. The molecule has 34 heavy (non-hydrogen) atoms. The van der Waals surface area contributed by atoms with Crippen LogP contribution in [0.3, 0.4) is 0 Å². The fraction of sp³-hybridized carbons (Fsp3) is 0.481. The number of ether oxygens (including phenoxy) is 1. The van der Waals surface area contributed by atoms with Gasteiger partial charge in [-0.05, 0) is 34.7 Å². The van der Waals surface area contributed by atoms with Crippen LogP contribution < -0.4 is 5.32 Å². The van der Waals surface area contributed by atoms with Crippen molar-refractivity contribution in [3.63, 3.8) is 0 Å². The van der Waals surface area contributed by atoms with Crippen LogP contribution in [0.25, 0.3) is 0 Å². The highest BCUT2D eigenvalue weighted by atomic mass is 35.5. The fourth-order valence-corrected chi connectivity index (χ4v) is 4.96. The van der Waals surface area contributed by atoms with E-state index in [9.17, 15) is 9.59 Å². The molecule has 7 heteroatoms. The molecule has 182 valence electrons. The average Bonchev–Trinajstić information content (AvgIpc) is 2.84. The van der Waals surface area contributed by atoms with Crippen molar-refractivity contribution in [3.05, 3.63) is 70.2 Å². The third kappa shape index (κ3) is 5.98. The summed E-state index contributed by atoms with van der Waals surface area (Å²) in [7, 11) is 0. The van der Waals surface area contributed by atoms with Crippen LogP contribution in [-0.2, 0) is 27.3 Å². The van der Waals surface area contributed by atoms with Gasteiger partial charge in [-0.25, -0.2) is 0 Å². The first-order valence-corrected chi connectivity index (χ1v) is 12.5. The van der Waals surface area contributed by atoms with E-state index in [4.69, 9.17) is 16.3 Å². The van der Waals surface area contributed by atoms with Crippen molar-refractivity contribution >= 4 is 23.4 Å². The van der Waals surface area contributed by atoms with Crippen molar-refractivity contribution in [2.24, 2.45) is 5.92 Å². The third-order valence-corrected chi connectivity index (χ3v) is 6.92. The van der Waals surface area contributed by atoms with E-state index in [1.54, 1.807) is 4.90 Å². The molecule has 2 heterocycles. The second-order valence-electron chi connectivity index (χ2n) is 9.57. The minimum absolute atomic E-state index is 0.0146. The summed E-state index contributed by atoms with van der Waals surface area (Å²) in [4.78, 5) is 30.7. The monoisotopic (exact) mass is 483 g/mol. The van der Waals surface area contributed by atoms with Crippen LogP contribution in [0.15, 0.2) is 48.5 Å². The molecule has 6 nitrogen and oxygen atoms in total. The smallest absolute Gasteiger partial charge is 0.243 e. The number of morpholine rings is 1. The van der Waals surface area contributed by atoms with Crippen molar-refractivity contribution in [2.45, 2.75) is 45.3 Å². The largest absolute Gasteiger partial charge is 0.379 e. The summed E-state index contributed by atoms with van der Waals surface area (Å²) < 4.78 is 5.54. The Labute approximate surface area is 207 Å². The van der Waals surface area contributed by atoms with Gasteiger partial charge in [0.15, 0.2) is 0 Å². The SMILES string of the molecule is CC(C)CC(=O)N1Cc2ccccc2CC1C(=O)NCC(c1ccc(Cl)cc1)N1CCOCC1. The molecule has 1 N–H and O–H groups in total. The molecule has 2 aromatic carbocycles. The highest BCUT2D eigenvalue weighted by Gasteiger charge is 2.35. The summed E-state index contributed by atoms with van der Waals surface area (Å²) in [6.07, 6.45) is 0.974. The Bertz CT molecular complexity index is 989. The molecule has 2 atom stereocenters. The van der Waals surface area contributed by atoms with E-state index >= 15 is 0 Å². The maximum absolute atomic E-state index is 13.5. The van der Waals surface area contributed by atoms with Crippen LogP contribution in [0, 0.1) is 5.92 Å². The number of nitrogens with zero attached hydrogens (tertiary/aromatic N) is 2. The summed E-state index contributed by atoms with van der Waals surface area (Å²) in [6, 6.07) is 15.4.